The van der Waals surface area contributed by atoms with Gasteiger partial charge in [0.1, 0.15) is 29.7 Å². The Morgan fingerprint density at radius 2 is 1.86 bits per heavy atom. The number of aromatic nitrogens is 3. The highest BCUT2D eigenvalue weighted by molar-refractivity contribution is 5.89. The average molecular weight is 476 g/mol. The van der Waals surface area contributed by atoms with E-state index in [9.17, 15) is 9.59 Å². The van der Waals surface area contributed by atoms with E-state index in [4.69, 9.17) is 4.42 Å². The Morgan fingerprint density at radius 1 is 1.09 bits per heavy atom. The van der Waals surface area contributed by atoms with Gasteiger partial charge >= 0.3 is 0 Å². The number of fused-ring (bicyclic) bond motifs is 1. The Kier molecular flexibility index (Phi) is 6.56. The van der Waals surface area contributed by atoms with Crippen molar-refractivity contribution < 1.29 is 18.4 Å². The molecule has 2 aromatic heterocycles. The zero-order valence-electron chi connectivity index (χ0n) is 19.1. The quantitative estimate of drug-likeness (QED) is 0.416. The number of furan rings is 1. The summed E-state index contributed by atoms with van der Waals surface area (Å²) in [6.07, 6.45) is 4.91. The van der Waals surface area contributed by atoms with Gasteiger partial charge in [0.2, 0.25) is 11.8 Å². The second-order valence-electron chi connectivity index (χ2n) is 8.70. The van der Waals surface area contributed by atoms with Gasteiger partial charge < -0.3 is 14.6 Å². The molecule has 1 saturated carbocycles. The van der Waals surface area contributed by atoms with Crippen LogP contribution in [0.2, 0.25) is 0 Å². The maximum Gasteiger partial charge on any atom is 0.247 e. The third-order valence-electron chi connectivity index (χ3n) is 6.45. The molecule has 0 aliphatic heterocycles. The first-order chi connectivity index (χ1) is 17.1. The van der Waals surface area contributed by atoms with E-state index in [-0.39, 0.29) is 30.6 Å². The zero-order valence-corrected chi connectivity index (χ0v) is 19.1. The Labute approximate surface area is 201 Å². The zero-order chi connectivity index (χ0) is 24.2. The SMILES string of the molecule is O=C(NCc1ccco1)C(c1ccccc1F)N(C(=O)Cn1nnc2ccccc21)C1CCCC1. The summed E-state index contributed by atoms with van der Waals surface area (Å²) in [6, 6.07) is 15.6. The molecule has 1 aliphatic carbocycles. The van der Waals surface area contributed by atoms with Crippen LogP contribution in [-0.4, -0.2) is 37.7 Å². The number of hydrogen-bond acceptors (Lipinski definition) is 5. The van der Waals surface area contributed by atoms with Crippen LogP contribution in [0.1, 0.15) is 43.0 Å². The van der Waals surface area contributed by atoms with Gasteiger partial charge in [-0.15, -0.1) is 5.10 Å². The van der Waals surface area contributed by atoms with E-state index in [1.165, 1.54) is 17.0 Å². The van der Waals surface area contributed by atoms with Crippen molar-refractivity contribution in [3.63, 3.8) is 0 Å². The maximum absolute atomic E-state index is 15.0. The fraction of sp³-hybridized carbons (Fsp3) is 0.308. The molecule has 0 spiro atoms. The lowest BCUT2D eigenvalue weighted by Gasteiger charge is -2.36. The molecule has 35 heavy (non-hydrogen) atoms. The smallest absolute Gasteiger partial charge is 0.247 e. The van der Waals surface area contributed by atoms with Gasteiger partial charge in [0.15, 0.2) is 0 Å². The minimum absolute atomic E-state index is 0.104. The largest absolute Gasteiger partial charge is 0.467 e. The highest BCUT2D eigenvalue weighted by atomic mass is 19.1. The van der Waals surface area contributed by atoms with Crippen LogP contribution in [0.25, 0.3) is 11.0 Å². The first kappa shape index (κ1) is 22.8. The third kappa shape index (κ3) is 4.80. The van der Waals surface area contributed by atoms with Crippen molar-refractivity contribution in [1.82, 2.24) is 25.2 Å². The average Bonchev–Trinajstić information content (AvgIpc) is 3.64. The first-order valence-electron chi connectivity index (χ1n) is 11.8. The molecule has 2 amide bonds. The van der Waals surface area contributed by atoms with Crippen molar-refractivity contribution in [3.05, 3.63) is 84.1 Å². The molecule has 5 rings (SSSR count). The van der Waals surface area contributed by atoms with Gasteiger partial charge in [0, 0.05) is 11.6 Å². The van der Waals surface area contributed by atoms with E-state index in [1.54, 1.807) is 35.2 Å². The number of carbonyl (C=O) groups is 2. The summed E-state index contributed by atoms with van der Waals surface area (Å²) in [5, 5.41) is 11.1. The number of para-hydroxylation sites is 1. The highest BCUT2D eigenvalue weighted by Gasteiger charge is 2.39. The molecule has 1 aliphatic rings. The number of halogens is 1. The van der Waals surface area contributed by atoms with Gasteiger partial charge in [-0.05, 0) is 43.2 Å². The number of hydrogen-bond donors (Lipinski definition) is 1. The molecule has 180 valence electrons. The van der Waals surface area contributed by atoms with E-state index >= 15 is 4.39 Å². The normalized spacial score (nSPS) is 14.8. The molecular formula is C26H26FN5O3. The van der Waals surface area contributed by atoms with Crippen molar-refractivity contribution in [3.8, 4) is 0 Å². The van der Waals surface area contributed by atoms with E-state index in [0.29, 0.717) is 11.3 Å². The van der Waals surface area contributed by atoms with Crippen LogP contribution in [0, 0.1) is 5.82 Å². The molecule has 0 bridgehead atoms. The molecule has 2 aromatic carbocycles. The van der Waals surface area contributed by atoms with Crippen molar-refractivity contribution in [2.75, 3.05) is 0 Å². The van der Waals surface area contributed by atoms with Crippen LogP contribution < -0.4 is 5.32 Å². The molecule has 1 fully saturated rings. The maximum atomic E-state index is 15.0. The molecular weight excluding hydrogens is 449 g/mol. The van der Waals surface area contributed by atoms with E-state index in [2.05, 4.69) is 15.6 Å². The summed E-state index contributed by atoms with van der Waals surface area (Å²) in [6.45, 7) is 0.0324. The molecule has 0 radical (unpaired) electrons. The van der Waals surface area contributed by atoms with Crippen LogP contribution in [-0.2, 0) is 22.7 Å². The van der Waals surface area contributed by atoms with Crippen molar-refractivity contribution in [2.45, 2.75) is 50.9 Å². The first-order valence-corrected chi connectivity index (χ1v) is 11.8. The molecule has 0 saturated heterocycles. The molecule has 1 atom stereocenters. The minimum atomic E-state index is -1.13. The van der Waals surface area contributed by atoms with Gasteiger partial charge in [-0.3, -0.25) is 9.59 Å². The summed E-state index contributed by atoms with van der Waals surface area (Å²) in [5.41, 5.74) is 1.56. The number of nitrogens with zero attached hydrogens (tertiary/aromatic N) is 4. The number of amides is 2. The summed E-state index contributed by atoms with van der Waals surface area (Å²) in [7, 11) is 0. The second kappa shape index (κ2) is 10.1. The number of benzene rings is 2. The van der Waals surface area contributed by atoms with Crippen molar-refractivity contribution in [2.24, 2.45) is 0 Å². The monoisotopic (exact) mass is 475 g/mol. The van der Waals surface area contributed by atoms with Crippen molar-refractivity contribution in [1.29, 1.82) is 0 Å². The van der Waals surface area contributed by atoms with Crippen LogP contribution in [0.3, 0.4) is 0 Å². The Balaban J connectivity index is 1.50. The molecule has 4 aromatic rings. The van der Waals surface area contributed by atoms with Crippen LogP contribution >= 0.6 is 0 Å². The minimum Gasteiger partial charge on any atom is -0.467 e. The van der Waals surface area contributed by atoms with Gasteiger partial charge in [-0.1, -0.05) is 48.4 Å². The summed E-state index contributed by atoms with van der Waals surface area (Å²) >= 11 is 0. The van der Waals surface area contributed by atoms with Gasteiger partial charge in [-0.2, -0.15) is 0 Å². The topological polar surface area (TPSA) is 93.3 Å². The lowest BCUT2D eigenvalue weighted by molar-refractivity contribution is -0.144. The van der Waals surface area contributed by atoms with Gasteiger partial charge in [-0.25, -0.2) is 9.07 Å². The predicted molar refractivity (Wildman–Crippen MR) is 126 cm³/mol. The van der Waals surface area contributed by atoms with E-state index in [0.717, 1.165) is 31.2 Å². The lowest BCUT2D eigenvalue weighted by Crippen LogP contribution is -2.49. The summed E-state index contributed by atoms with van der Waals surface area (Å²) in [4.78, 5) is 28.9. The van der Waals surface area contributed by atoms with Crippen LogP contribution in [0.5, 0.6) is 0 Å². The summed E-state index contributed by atoms with van der Waals surface area (Å²) < 4.78 is 21.9. The Morgan fingerprint density at radius 3 is 2.63 bits per heavy atom. The molecule has 2 heterocycles. The van der Waals surface area contributed by atoms with Gasteiger partial charge in [0.25, 0.3) is 0 Å². The Hall–Kier alpha value is -4.01. The fourth-order valence-corrected chi connectivity index (χ4v) is 4.78. The van der Waals surface area contributed by atoms with E-state index in [1.807, 2.05) is 24.3 Å². The molecule has 9 heteroatoms. The lowest BCUT2D eigenvalue weighted by atomic mass is 10.00. The predicted octanol–water partition coefficient (Wildman–Crippen LogP) is 3.99. The number of nitrogens with one attached hydrogen (secondary N) is 1. The van der Waals surface area contributed by atoms with Crippen molar-refractivity contribution >= 4 is 22.8 Å². The fourth-order valence-electron chi connectivity index (χ4n) is 4.78. The number of rotatable bonds is 8. The van der Waals surface area contributed by atoms with Gasteiger partial charge in [0.05, 0.1) is 18.3 Å². The number of carbonyl (C=O) groups excluding carboxylic acids is 2. The Bertz CT molecular complexity index is 1310. The van der Waals surface area contributed by atoms with Crippen LogP contribution in [0.15, 0.2) is 71.3 Å². The van der Waals surface area contributed by atoms with E-state index < -0.39 is 17.8 Å². The second-order valence-corrected chi connectivity index (χ2v) is 8.70. The highest BCUT2D eigenvalue weighted by Crippen LogP contribution is 2.33. The molecule has 1 N–H and O–H groups in total. The summed E-state index contributed by atoms with van der Waals surface area (Å²) in [5.74, 6) is -0.740. The van der Waals surface area contributed by atoms with Crippen LogP contribution in [0.4, 0.5) is 4.39 Å². The molecule has 8 nitrogen and oxygen atoms in total. The standard InChI is InChI=1S/C26H26FN5O3/c27-21-12-4-3-11-20(21)25(26(34)28-16-19-10-7-15-35-19)32(18-8-1-2-9-18)24(33)17-31-23-14-6-5-13-22(23)29-30-31/h3-7,10-15,18,25H,1-2,8-9,16-17H2,(H,28,34). The molecule has 1 unspecified atom stereocenters. The third-order valence-corrected chi connectivity index (χ3v) is 6.45.